The quantitative estimate of drug-likeness (QED) is 0.885. The summed E-state index contributed by atoms with van der Waals surface area (Å²) in [5, 5.41) is 6.88. The van der Waals surface area contributed by atoms with E-state index in [1.807, 2.05) is 16.8 Å². The van der Waals surface area contributed by atoms with E-state index in [1.165, 1.54) is 0 Å². The Morgan fingerprint density at radius 3 is 3.19 bits per heavy atom. The van der Waals surface area contributed by atoms with Gasteiger partial charge in [-0.2, -0.15) is 0 Å². The number of ether oxygens (including phenoxy) is 1. The highest BCUT2D eigenvalue weighted by Gasteiger charge is 2.20. The minimum atomic E-state index is 0.299. The Bertz CT molecular complexity index is 597. The van der Waals surface area contributed by atoms with Crippen LogP contribution in [-0.4, -0.2) is 39.7 Å². The number of anilines is 2. The molecule has 2 N–H and O–H groups in total. The summed E-state index contributed by atoms with van der Waals surface area (Å²) in [5.41, 5.74) is 0.871. The summed E-state index contributed by atoms with van der Waals surface area (Å²) < 4.78 is 7.61. The second-order valence-electron chi connectivity index (χ2n) is 5.61. The third kappa shape index (κ3) is 3.26. The zero-order valence-electron chi connectivity index (χ0n) is 12.7. The number of nitrogens with one attached hydrogen (secondary N) is 2. The molecule has 0 aliphatic carbocycles. The summed E-state index contributed by atoms with van der Waals surface area (Å²) in [4.78, 5) is 9.09. The molecule has 1 fully saturated rings. The number of nitrogens with zero attached hydrogens (tertiary/aromatic N) is 3. The van der Waals surface area contributed by atoms with E-state index in [9.17, 15) is 0 Å². The van der Waals surface area contributed by atoms with Crippen molar-refractivity contribution in [3.05, 3.63) is 18.6 Å². The van der Waals surface area contributed by atoms with Crippen LogP contribution < -0.4 is 10.6 Å². The molecule has 0 amide bonds. The molecule has 1 saturated heterocycles. The van der Waals surface area contributed by atoms with E-state index >= 15 is 0 Å². The number of hydrogen-bond acceptors (Lipinski definition) is 5. The third-order valence-corrected chi connectivity index (χ3v) is 3.76. The SMILES string of the molecule is CCCNc1cn2ccnc2c(NC2CCOC(C)C2)n1. The molecule has 6 heteroatoms. The number of aromatic nitrogens is 3. The molecule has 3 heterocycles. The molecule has 0 radical (unpaired) electrons. The van der Waals surface area contributed by atoms with Gasteiger partial charge in [-0.05, 0) is 26.2 Å². The van der Waals surface area contributed by atoms with Crippen molar-refractivity contribution in [3.63, 3.8) is 0 Å². The molecule has 0 aromatic carbocycles. The van der Waals surface area contributed by atoms with Gasteiger partial charge in [0.25, 0.3) is 0 Å². The first kappa shape index (κ1) is 14.1. The maximum absolute atomic E-state index is 5.60. The van der Waals surface area contributed by atoms with Crippen molar-refractivity contribution in [2.75, 3.05) is 23.8 Å². The number of fused-ring (bicyclic) bond motifs is 1. The summed E-state index contributed by atoms with van der Waals surface area (Å²) in [5.74, 6) is 1.73. The number of imidazole rings is 1. The smallest absolute Gasteiger partial charge is 0.180 e. The Labute approximate surface area is 124 Å². The molecule has 114 valence electrons. The highest BCUT2D eigenvalue weighted by Crippen LogP contribution is 2.21. The lowest BCUT2D eigenvalue weighted by atomic mass is 10.0. The lowest BCUT2D eigenvalue weighted by Gasteiger charge is -2.28. The fraction of sp³-hybridized carbons (Fsp3) is 0.600. The molecule has 2 aromatic heterocycles. The molecule has 6 nitrogen and oxygen atoms in total. The van der Waals surface area contributed by atoms with Crippen LogP contribution in [-0.2, 0) is 4.74 Å². The Morgan fingerprint density at radius 1 is 1.48 bits per heavy atom. The van der Waals surface area contributed by atoms with Crippen LogP contribution in [0.5, 0.6) is 0 Å². The average Bonchev–Trinajstić information content (AvgIpc) is 2.94. The minimum Gasteiger partial charge on any atom is -0.378 e. The van der Waals surface area contributed by atoms with E-state index in [2.05, 4.69) is 34.4 Å². The highest BCUT2D eigenvalue weighted by molar-refractivity contribution is 5.65. The normalized spacial score (nSPS) is 22.4. The van der Waals surface area contributed by atoms with Crippen LogP contribution in [0.4, 0.5) is 11.6 Å². The van der Waals surface area contributed by atoms with E-state index in [0.717, 1.165) is 49.7 Å². The zero-order chi connectivity index (χ0) is 14.7. The zero-order valence-corrected chi connectivity index (χ0v) is 12.7. The maximum Gasteiger partial charge on any atom is 0.180 e. The standard InChI is InChI=1S/C15H23N5O/c1-3-5-16-13-10-20-7-6-17-15(20)14(19-13)18-12-4-8-21-11(2)9-12/h6-7,10-12,16H,3-5,8-9H2,1-2H3,(H,18,19). The van der Waals surface area contributed by atoms with Gasteiger partial charge in [0.05, 0.1) is 12.3 Å². The van der Waals surface area contributed by atoms with Crippen molar-refractivity contribution >= 4 is 17.3 Å². The first-order valence-corrected chi connectivity index (χ1v) is 7.72. The van der Waals surface area contributed by atoms with E-state index < -0.39 is 0 Å². The number of rotatable bonds is 5. The van der Waals surface area contributed by atoms with Gasteiger partial charge in [0.15, 0.2) is 11.5 Å². The minimum absolute atomic E-state index is 0.299. The topological polar surface area (TPSA) is 63.5 Å². The Hall–Kier alpha value is -1.82. The van der Waals surface area contributed by atoms with Gasteiger partial charge in [-0.3, -0.25) is 0 Å². The van der Waals surface area contributed by atoms with E-state index in [1.54, 1.807) is 6.20 Å². The summed E-state index contributed by atoms with van der Waals surface area (Å²) in [6.45, 7) is 5.98. The van der Waals surface area contributed by atoms with E-state index in [-0.39, 0.29) is 0 Å². The van der Waals surface area contributed by atoms with Crippen LogP contribution in [0.1, 0.15) is 33.1 Å². The van der Waals surface area contributed by atoms with Gasteiger partial charge in [-0.1, -0.05) is 6.92 Å². The van der Waals surface area contributed by atoms with Gasteiger partial charge in [0.2, 0.25) is 0 Å². The molecule has 1 aliphatic rings. The van der Waals surface area contributed by atoms with Crippen molar-refractivity contribution in [2.45, 2.75) is 45.3 Å². The van der Waals surface area contributed by atoms with Gasteiger partial charge in [-0.25, -0.2) is 9.97 Å². The molecule has 3 rings (SSSR count). The van der Waals surface area contributed by atoms with Crippen LogP contribution in [0.25, 0.3) is 5.65 Å². The van der Waals surface area contributed by atoms with Crippen molar-refractivity contribution in [2.24, 2.45) is 0 Å². The first-order valence-electron chi connectivity index (χ1n) is 7.72. The molecule has 2 unspecified atom stereocenters. The van der Waals surface area contributed by atoms with Crippen molar-refractivity contribution in [3.8, 4) is 0 Å². The van der Waals surface area contributed by atoms with Crippen molar-refractivity contribution in [1.82, 2.24) is 14.4 Å². The van der Waals surface area contributed by atoms with E-state index in [0.29, 0.717) is 12.1 Å². The molecule has 0 spiro atoms. The molecule has 0 saturated carbocycles. The molecule has 2 aromatic rings. The monoisotopic (exact) mass is 289 g/mol. The third-order valence-electron chi connectivity index (χ3n) is 3.76. The second kappa shape index (κ2) is 6.30. The molecule has 0 bridgehead atoms. The largest absolute Gasteiger partial charge is 0.378 e. The fourth-order valence-corrected chi connectivity index (χ4v) is 2.69. The molecular formula is C15H23N5O. The van der Waals surface area contributed by atoms with Gasteiger partial charge in [-0.15, -0.1) is 0 Å². The molecule has 1 aliphatic heterocycles. The molecule has 2 atom stereocenters. The lowest BCUT2D eigenvalue weighted by molar-refractivity contribution is 0.0232. The predicted octanol–water partition coefficient (Wildman–Crippen LogP) is 2.53. The van der Waals surface area contributed by atoms with Crippen LogP contribution >= 0.6 is 0 Å². The van der Waals surface area contributed by atoms with Gasteiger partial charge in [0.1, 0.15) is 5.82 Å². The highest BCUT2D eigenvalue weighted by atomic mass is 16.5. The number of hydrogen-bond donors (Lipinski definition) is 2. The van der Waals surface area contributed by atoms with Gasteiger partial charge < -0.3 is 19.8 Å². The van der Waals surface area contributed by atoms with Crippen molar-refractivity contribution in [1.29, 1.82) is 0 Å². The predicted molar refractivity (Wildman–Crippen MR) is 83.8 cm³/mol. The summed E-state index contributed by atoms with van der Waals surface area (Å²) in [6, 6.07) is 0.392. The maximum atomic E-state index is 5.60. The summed E-state index contributed by atoms with van der Waals surface area (Å²) in [7, 11) is 0. The summed E-state index contributed by atoms with van der Waals surface area (Å²) >= 11 is 0. The van der Waals surface area contributed by atoms with Crippen LogP contribution in [0, 0.1) is 0 Å². The van der Waals surface area contributed by atoms with Crippen molar-refractivity contribution < 1.29 is 4.74 Å². The van der Waals surface area contributed by atoms with Crippen LogP contribution in [0.15, 0.2) is 18.6 Å². The van der Waals surface area contributed by atoms with Crippen LogP contribution in [0.3, 0.4) is 0 Å². The van der Waals surface area contributed by atoms with Gasteiger partial charge >= 0.3 is 0 Å². The lowest BCUT2D eigenvalue weighted by Crippen LogP contribution is -2.33. The molecular weight excluding hydrogens is 266 g/mol. The Balaban J connectivity index is 1.83. The second-order valence-corrected chi connectivity index (χ2v) is 5.61. The Kier molecular flexibility index (Phi) is 4.24. The summed E-state index contributed by atoms with van der Waals surface area (Å²) in [6.07, 6.45) is 9.12. The van der Waals surface area contributed by atoms with E-state index in [4.69, 9.17) is 4.74 Å². The fourth-order valence-electron chi connectivity index (χ4n) is 2.69. The van der Waals surface area contributed by atoms with Gasteiger partial charge in [0, 0.05) is 31.6 Å². The first-order chi connectivity index (χ1) is 10.3. The average molecular weight is 289 g/mol. The molecule has 21 heavy (non-hydrogen) atoms. The van der Waals surface area contributed by atoms with Crippen LogP contribution in [0.2, 0.25) is 0 Å². The Morgan fingerprint density at radius 2 is 2.38 bits per heavy atom.